The molecule has 1 N–H and O–H groups in total. The van der Waals surface area contributed by atoms with Crippen molar-refractivity contribution < 1.29 is 13.9 Å². The van der Waals surface area contributed by atoms with Crippen LogP contribution < -0.4 is 5.43 Å². The summed E-state index contributed by atoms with van der Waals surface area (Å²) >= 11 is 0. The molecule has 0 aliphatic heterocycles. The third-order valence-electron chi connectivity index (χ3n) is 2.80. The molecule has 0 saturated heterocycles. The molecule has 0 aliphatic carbocycles. The Kier molecular flexibility index (Phi) is 2.61. The van der Waals surface area contributed by atoms with Crippen molar-refractivity contribution in [1.29, 1.82) is 0 Å². The minimum Gasteiger partial charge on any atom is -0.503 e. The lowest BCUT2D eigenvalue weighted by Gasteiger charge is -2.11. The number of rotatable bonds is 1. The summed E-state index contributed by atoms with van der Waals surface area (Å²) in [6.07, 6.45) is 1.16. The number of nitrogens with zero attached hydrogens (tertiary/aromatic N) is 1. The molecule has 0 atom stereocenters. The molecule has 0 fully saturated rings. The van der Waals surface area contributed by atoms with Gasteiger partial charge in [-0.3, -0.25) is 4.79 Å². The van der Waals surface area contributed by atoms with E-state index in [0.717, 1.165) is 12.3 Å². The maximum absolute atomic E-state index is 13.9. The van der Waals surface area contributed by atoms with Gasteiger partial charge in [0.1, 0.15) is 5.82 Å². The number of aryl methyl sites for hydroxylation is 1. The molecule has 2 aromatic rings. The normalized spacial score (nSPS) is 11.1. The van der Waals surface area contributed by atoms with Gasteiger partial charge < -0.3 is 9.67 Å². The van der Waals surface area contributed by atoms with Crippen molar-refractivity contribution in [1.82, 2.24) is 4.57 Å². The Hall–Kier alpha value is -1.91. The van der Waals surface area contributed by atoms with E-state index in [4.69, 9.17) is 0 Å². The maximum Gasteiger partial charge on any atom is 0.231 e. The van der Waals surface area contributed by atoms with Gasteiger partial charge in [-0.1, -0.05) is 0 Å². The van der Waals surface area contributed by atoms with E-state index in [1.54, 1.807) is 6.92 Å². The molecule has 0 bridgehead atoms. The molecular formula is C12H11F2NO2. The molecule has 5 heteroatoms. The molecule has 0 saturated carbocycles. The first kappa shape index (κ1) is 11.6. The van der Waals surface area contributed by atoms with Crippen molar-refractivity contribution in [2.24, 2.45) is 0 Å². The second kappa shape index (κ2) is 3.84. The van der Waals surface area contributed by atoms with Gasteiger partial charge in [-0.25, -0.2) is 8.78 Å². The van der Waals surface area contributed by atoms with E-state index in [1.807, 2.05) is 0 Å². The predicted molar refractivity (Wildman–Crippen MR) is 60.2 cm³/mol. The number of pyridine rings is 1. The summed E-state index contributed by atoms with van der Waals surface area (Å²) in [6, 6.07) is 0.960. The monoisotopic (exact) mass is 239 g/mol. The van der Waals surface area contributed by atoms with Crippen LogP contribution in [0.3, 0.4) is 0 Å². The summed E-state index contributed by atoms with van der Waals surface area (Å²) in [6.45, 7) is 3.41. The third-order valence-corrected chi connectivity index (χ3v) is 2.80. The van der Waals surface area contributed by atoms with E-state index >= 15 is 0 Å². The zero-order valence-electron chi connectivity index (χ0n) is 9.42. The number of fused-ring (bicyclic) bond motifs is 1. The van der Waals surface area contributed by atoms with Crippen molar-refractivity contribution in [3.8, 4) is 5.75 Å². The van der Waals surface area contributed by atoms with Crippen LogP contribution in [0.25, 0.3) is 10.9 Å². The Morgan fingerprint density at radius 2 is 2.06 bits per heavy atom. The fraction of sp³-hybridized carbons (Fsp3) is 0.250. The van der Waals surface area contributed by atoms with Gasteiger partial charge in [0.25, 0.3) is 0 Å². The van der Waals surface area contributed by atoms with Crippen LogP contribution in [0.5, 0.6) is 5.75 Å². The lowest BCUT2D eigenvalue weighted by atomic mass is 10.1. The first-order valence-electron chi connectivity index (χ1n) is 5.18. The van der Waals surface area contributed by atoms with Crippen molar-refractivity contribution in [2.75, 3.05) is 0 Å². The van der Waals surface area contributed by atoms with E-state index in [-0.39, 0.29) is 16.5 Å². The zero-order valence-corrected chi connectivity index (χ0v) is 9.42. The first-order chi connectivity index (χ1) is 7.97. The van der Waals surface area contributed by atoms with Gasteiger partial charge >= 0.3 is 0 Å². The highest BCUT2D eigenvalue weighted by Gasteiger charge is 2.16. The van der Waals surface area contributed by atoms with E-state index in [1.165, 1.54) is 11.5 Å². The van der Waals surface area contributed by atoms with Gasteiger partial charge in [-0.05, 0) is 19.9 Å². The van der Waals surface area contributed by atoms with Crippen molar-refractivity contribution >= 4 is 10.9 Å². The van der Waals surface area contributed by atoms with Crippen molar-refractivity contribution in [3.63, 3.8) is 0 Å². The summed E-state index contributed by atoms with van der Waals surface area (Å²) in [4.78, 5) is 11.6. The summed E-state index contributed by atoms with van der Waals surface area (Å²) in [5.41, 5.74) is -0.874. The molecule has 3 nitrogen and oxygen atoms in total. The number of aromatic hydroxyl groups is 1. The van der Waals surface area contributed by atoms with Crippen LogP contribution in [0.4, 0.5) is 8.78 Å². The topological polar surface area (TPSA) is 42.2 Å². The summed E-state index contributed by atoms with van der Waals surface area (Å²) in [5, 5.41) is 9.26. The highest BCUT2D eigenvalue weighted by molar-refractivity contribution is 5.81. The highest BCUT2D eigenvalue weighted by atomic mass is 19.1. The second-order valence-corrected chi connectivity index (χ2v) is 3.82. The number of halogens is 2. The van der Waals surface area contributed by atoms with Crippen molar-refractivity contribution in [3.05, 3.63) is 39.7 Å². The van der Waals surface area contributed by atoms with Crippen LogP contribution in [0.1, 0.15) is 12.5 Å². The van der Waals surface area contributed by atoms with Gasteiger partial charge in [0, 0.05) is 12.1 Å². The van der Waals surface area contributed by atoms with Crippen LogP contribution in [0, 0.1) is 18.6 Å². The molecule has 0 aliphatic rings. The van der Waals surface area contributed by atoms with Crippen LogP contribution in [-0.4, -0.2) is 9.67 Å². The predicted octanol–water partition coefficient (Wildman–Crippen LogP) is 2.31. The van der Waals surface area contributed by atoms with Gasteiger partial charge in [-0.2, -0.15) is 0 Å². The van der Waals surface area contributed by atoms with Crippen LogP contribution in [-0.2, 0) is 6.54 Å². The second-order valence-electron chi connectivity index (χ2n) is 3.82. The molecule has 17 heavy (non-hydrogen) atoms. The highest BCUT2D eigenvalue weighted by Crippen LogP contribution is 2.23. The van der Waals surface area contributed by atoms with E-state index in [2.05, 4.69) is 0 Å². The Bertz CT molecular complexity index is 662. The van der Waals surface area contributed by atoms with E-state index in [9.17, 15) is 18.7 Å². The Morgan fingerprint density at radius 3 is 2.65 bits per heavy atom. The molecule has 0 unspecified atom stereocenters. The molecule has 0 amide bonds. The largest absolute Gasteiger partial charge is 0.503 e. The van der Waals surface area contributed by atoms with Crippen LogP contribution >= 0.6 is 0 Å². The van der Waals surface area contributed by atoms with Crippen LogP contribution in [0.2, 0.25) is 0 Å². The maximum atomic E-state index is 13.9. The van der Waals surface area contributed by atoms with E-state index < -0.39 is 22.8 Å². The minimum absolute atomic E-state index is 0.0224. The fourth-order valence-corrected chi connectivity index (χ4v) is 1.82. The Morgan fingerprint density at radius 1 is 1.41 bits per heavy atom. The summed E-state index contributed by atoms with van der Waals surface area (Å²) < 4.78 is 28.7. The molecule has 1 aromatic heterocycles. The SMILES string of the molecule is CCn1cc(O)c(=O)c2cc(F)c(C)c(F)c21. The lowest BCUT2D eigenvalue weighted by Crippen LogP contribution is -2.11. The molecule has 0 radical (unpaired) electrons. The number of hydrogen-bond acceptors (Lipinski definition) is 2. The lowest BCUT2D eigenvalue weighted by molar-refractivity contribution is 0.463. The van der Waals surface area contributed by atoms with Gasteiger partial charge in [0.2, 0.25) is 5.43 Å². The fourth-order valence-electron chi connectivity index (χ4n) is 1.82. The molecule has 1 heterocycles. The Balaban J connectivity index is 3.09. The molecular weight excluding hydrogens is 228 g/mol. The minimum atomic E-state index is -0.791. The van der Waals surface area contributed by atoms with Gasteiger partial charge in [0.15, 0.2) is 11.6 Å². The van der Waals surface area contributed by atoms with Crippen LogP contribution in [0.15, 0.2) is 17.1 Å². The summed E-state index contributed by atoms with van der Waals surface area (Å²) in [5.74, 6) is -2.07. The molecule has 2 rings (SSSR count). The molecule has 0 spiro atoms. The average molecular weight is 239 g/mol. The van der Waals surface area contributed by atoms with Gasteiger partial charge in [0.05, 0.1) is 17.1 Å². The first-order valence-corrected chi connectivity index (χ1v) is 5.18. The standard InChI is InChI=1S/C12H11F2NO2/c1-3-15-5-9(16)12(17)7-4-8(13)6(2)10(14)11(7)15/h4-5,16H,3H2,1-2H3. The van der Waals surface area contributed by atoms with E-state index in [0.29, 0.717) is 6.54 Å². The third kappa shape index (κ3) is 1.58. The number of aromatic nitrogens is 1. The Labute approximate surface area is 95.9 Å². The quantitative estimate of drug-likeness (QED) is 0.829. The summed E-state index contributed by atoms with van der Waals surface area (Å²) in [7, 11) is 0. The molecule has 1 aromatic carbocycles. The smallest absolute Gasteiger partial charge is 0.231 e. The zero-order chi connectivity index (χ0) is 12.7. The number of hydrogen-bond donors (Lipinski definition) is 1. The van der Waals surface area contributed by atoms with Gasteiger partial charge in [-0.15, -0.1) is 0 Å². The van der Waals surface area contributed by atoms with Crippen molar-refractivity contribution in [2.45, 2.75) is 20.4 Å². The molecule has 90 valence electrons. The number of benzene rings is 1. The average Bonchev–Trinajstić information content (AvgIpc) is 2.31.